The number of rotatable bonds is 2. The molecule has 2 heterocycles. The number of fused-ring (bicyclic) bond motifs is 1. The number of nitrogens with one attached hydrogen (secondary N) is 1. The molecule has 3 nitrogen and oxygen atoms in total. The van der Waals surface area contributed by atoms with Crippen LogP contribution in [0.3, 0.4) is 0 Å². The Bertz CT molecular complexity index is 466. The molecule has 1 saturated heterocycles. The zero-order chi connectivity index (χ0) is 13.8. The van der Waals surface area contributed by atoms with E-state index in [1.165, 1.54) is 24.8 Å². The van der Waals surface area contributed by atoms with E-state index < -0.39 is 0 Å². The van der Waals surface area contributed by atoms with Gasteiger partial charge in [0.1, 0.15) is 0 Å². The third-order valence-electron chi connectivity index (χ3n) is 4.52. The number of anilines is 1. The summed E-state index contributed by atoms with van der Waals surface area (Å²) in [6.07, 6.45) is 6.49. The van der Waals surface area contributed by atoms with E-state index in [-0.39, 0.29) is 0 Å². The molecule has 20 heavy (non-hydrogen) atoms. The van der Waals surface area contributed by atoms with Gasteiger partial charge >= 0.3 is 0 Å². The quantitative estimate of drug-likeness (QED) is 0.898. The molecule has 1 aromatic rings. The molecule has 0 aliphatic carbocycles. The second-order valence-corrected chi connectivity index (χ2v) is 6.05. The van der Waals surface area contributed by atoms with Crippen molar-refractivity contribution in [1.29, 1.82) is 0 Å². The Labute approximate surface area is 121 Å². The first kappa shape index (κ1) is 13.6. The van der Waals surface area contributed by atoms with E-state index in [0.29, 0.717) is 18.2 Å². The van der Waals surface area contributed by atoms with Crippen LogP contribution in [0.2, 0.25) is 0 Å². The van der Waals surface area contributed by atoms with Crippen molar-refractivity contribution in [3.05, 3.63) is 29.8 Å². The lowest BCUT2D eigenvalue weighted by molar-refractivity contribution is -0.119. The normalized spacial score (nSPS) is 23.0. The predicted molar refractivity (Wildman–Crippen MR) is 81.9 cm³/mol. The number of para-hydroxylation sites is 1. The highest BCUT2D eigenvalue weighted by molar-refractivity contribution is 5.94. The molecule has 0 radical (unpaired) electrons. The van der Waals surface area contributed by atoms with Crippen molar-refractivity contribution in [2.24, 2.45) is 5.92 Å². The SMILES string of the molecule is O=C(CC1CCCNC1)N1CCCCc2ccccc21. The minimum absolute atomic E-state index is 0.313. The highest BCUT2D eigenvalue weighted by Gasteiger charge is 2.24. The highest BCUT2D eigenvalue weighted by atomic mass is 16.2. The maximum atomic E-state index is 12.7. The smallest absolute Gasteiger partial charge is 0.227 e. The van der Waals surface area contributed by atoms with Gasteiger partial charge in [-0.1, -0.05) is 18.2 Å². The lowest BCUT2D eigenvalue weighted by Gasteiger charge is -2.27. The van der Waals surface area contributed by atoms with E-state index in [0.717, 1.165) is 38.2 Å². The van der Waals surface area contributed by atoms with Gasteiger partial charge in [-0.05, 0) is 62.7 Å². The van der Waals surface area contributed by atoms with Gasteiger partial charge in [0, 0.05) is 18.7 Å². The second kappa shape index (κ2) is 6.40. The third kappa shape index (κ3) is 3.04. The van der Waals surface area contributed by atoms with Crippen LogP contribution in [0.5, 0.6) is 0 Å². The van der Waals surface area contributed by atoms with Crippen LogP contribution in [0.1, 0.15) is 37.7 Å². The minimum Gasteiger partial charge on any atom is -0.316 e. The molecule has 1 N–H and O–H groups in total. The average molecular weight is 272 g/mol. The summed E-state index contributed by atoms with van der Waals surface area (Å²) in [7, 11) is 0. The van der Waals surface area contributed by atoms with Crippen molar-refractivity contribution in [2.75, 3.05) is 24.5 Å². The summed E-state index contributed by atoms with van der Waals surface area (Å²) < 4.78 is 0. The molecule has 0 aromatic heterocycles. The largest absolute Gasteiger partial charge is 0.316 e. The number of nitrogens with zero attached hydrogens (tertiary/aromatic N) is 1. The van der Waals surface area contributed by atoms with Gasteiger partial charge < -0.3 is 10.2 Å². The Hall–Kier alpha value is -1.35. The fourth-order valence-corrected chi connectivity index (χ4v) is 3.41. The monoisotopic (exact) mass is 272 g/mol. The highest BCUT2D eigenvalue weighted by Crippen LogP contribution is 2.27. The molecule has 2 aliphatic rings. The van der Waals surface area contributed by atoms with Crippen molar-refractivity contribution in [2.45, 2.75) is 38.5 Å². The summed E-state index contributed by atoms with van der Waals surface area (Å²) in [4.78, 5) is 14.7. The van der Waals surface area contributed by atoms with Crippen molar-refractivity contribution in [3.8, 4) is 0 Å². The standard InChI is InChI=1S/C17H24N2O/c20-17(12-14-6-5-10-18-13-14)19-11-4-3-8-15-7-1-2-9-16(15)19/h1-2,7,9,14,18H,3-6,8,10-13H2. The zero-order valence-corrected chi connectivity index (χ0v) is 12.1. The van der Waals surface area contributed by atoms with E-state index in [4.69, 9.17) is 0 Å². The lowest BCUT2D eigenvalue weighted by atomic mass is 9.95. The Morgan fingerprint density at radius 2 is 2.15 bits per heavy atom. The lowest BCUT2D eigenvalue weighted by Crippen LogP contribution is -2.37. The summed E-state index contributed by atoms with van der Waals surface area (Å²) in [5.74, 6) is 0.833. The Kier molecular flexibility index (Phi) is 4.36. The van der Waals surface area contributed by atoms with Crippen molar-refractivity contribution in [3.63, 3.8) is 0 Å². The molecular weight excluding hydrogens is 248 g/mol. The van der Waals surface area contributed by atoms with E-state index in [9.17, 15) is 4.79 Å². The third-order valence-corrected chi connectivity index (χ3v) is 4.52. The van der Waals surface area contributed by atoms with Crippen molar-refractivity contribution in [1.82, 2.24) is 5.32 Å². The fraction of sp³-hybridized carbons (Fsp3) is 0.588. The Morgan fingerprint density at radius 3 is 3.00 bits per heavy atom. The van der Waals surface area contributed by atoms with Crippen LogP contribution in [0.15, 0.2) is 24.3 Å². The molecule has 1 unspecified atom stereocenters. The average Bonchev–Trinajstić information content (AvgIpc) is 2.70. The summed E-state index contributed by atoms with van der Waals surface area (Å²) in [6, 6.07) is 8.41. The first-order chi connectivity index (χ1) is 9.84. The Balaban J connectivity index is 1.73. The molecule has 1 fully saturated rings. The van der Waals surface area contributed by atoms with Gasteiger partial charge in [-0.25, -0.2) is 0 Å². The predicted octanol–water partition coefficient (Wildman–Crippen LogP) is 2.75. The Morgan fingerprint density at radius 1 is 1.25 bits per heavy atom. The number of hydrogen-bond donors (Lipinski definition) is 1. The minimum atomic E-state index is 0.313. The number of carbonyl (C=O) groups excluding carboxylic acids is 1. The van der Waals surface area contributed by atoms with E-state index in [2.05, 4.69) is 23.5 Å². The number of carbonyl (C=O) groups is 1. The van der Waals surface area contributed by atoms with E-state index >= 15 is 0 Å². The molecule has 2 aliphatic heterocycles. The number of benzene rings is 1. The van der Waals surface area contributed by atoms with Crippen LogP contribution in [0.25, 0.3) is 0 Å². The fourth-order valence-electron chi connectivity index (χ4n) is 3.41. The van der Waals surface area contributed by atoms with Gasteiger partial charge in [-0.2, -0.15) is 0 Å². The number of piperidine rings is 1. The van der Waals surface area contributed by atoms with Gasteiger partial charge in [0.2, 0.25) is 5.91 Å². The molecule has 3 rings (SSSR count). The summed E-state index contributed by atoms with van der Waals surface area (Å²) >= 11 is 0. The number of aryl methyl sites for hydroxylation is 1. The number of amides is 1. The molecule has 0 saturated carbocycles. The summed E-state index contributed by atoms with van der Waals surface area (Å²) in [5, 5.41) is 3.40. The van der Waals surface area contributed by atoms with E-state index in [1.807, 2.05) is 11.0 Å². The first-order valence-corrected chi connectivity index (χ1v) is 7.93. The molecule has 1 amide bonds. The van der Waals surface area contributed by atoms with Gasteiger partial charge in [0.25, 0.3) is 0 Å². The van der Waals surface area contributed by atoms with Crippen LogP contribution in [-0.2, 0) is 11.2 Å². The summed E-state index contributed by atoms with van der Waals surface area (Å²) in [5.41, 5.74) is 2.49. The maximum absolute atomic E-state index is 12.7. The molecule has 108 valence electrons. The summed E-state index contributed by atoms with van der Waals surface area (Å²) in [6.45, 7) is 2.99. The molecular formula is C17H24N2O. The molecule has 1 aromatic carbocycles. The first-order valence-electron chi connectivity index (χ1n) is 7.93. The van der Waals surface area contributed by atoms with Crippen LogP contribution in [-0.4, -0.2) is 25.5 Å². The molecule has 0 spiro atoms. The second-order valence-electron chi connectivity index (χ2n) is 6.05. The molecule has 1 atom stereocenters. The van der Waals surface area contributed by atoms with Crippen molar-refractivity contribution < 1.29 is 4.79 Å². The van der Waals surface area contributed by atoms with Crippen LogP contribution < -0.4 is 10.2 Å². The van der Waals surface area contributed by atoms with Gasteiger partial charge in [0.15, 0.2) is 0 Å². The zero-order valence-electron chi connectivity index (χ0n) is 12.1. The van der Waals surface area contributed by atoms with Gasteiger partial charge in [0.05, 0.1) is 0 Å². The van der Waals surface area contributed by atoms with Crippen molar-refractivity contribution >= 4 is 11.6 Å². The van der Waals surface area contributed by atoms with Crippen LogP contribution in [0, 0.1) is 5.92 Å². The maximum Gasteiger partial charge on any atom is 0.227 e. The number of hydrogen-bond acceptors (Lipinski definition) is 2. The van der Waals surface area contributed by atoms with Gasteiger partial charge in [-0.15, -0.1) is 0 Å². The van der Waals surface area contributed by atoms with Crippen LogP contribution in [0.4, 0.5) is 5.69 Å². The van der Waals surface area contributed by atoms with Crippen LogP contribution >= 0.6 is 0 Å². The molecule has 3 heteroatoms. The van der Waals surface area contributed by atoms with E-state index in [1.54, 1.807) is 0 Å². The topological polar surface area (TPSA) is 32.3 Å². The van der Waals surface area contributed by atoms with Gasteiger partial charge in [-0.3, -0.25) is 4.79 Å². The molecule has 0 bridgehead atoms.